The molecule has 0 atom stereocenters. The molecule has 0 aliphatic carbocycles. The van der Waals surface area contributed by atoms with Crippen LogP contribution in [0.25, 0.3) is 0 Å². The predicted molar refractivity (Wildman–Crippen MR) is 110 cm³/mol. The van der Waals surface area contributed by atoms with Crippen molar-refractivity contribution < 1.29 is 17.9 Å². The molecule has 28 heavy (non-hydrogen) atoms. The van der Waals surface area contributed by atoms with Crippen LogP contribution in [0, 0.1) is 0 Å². The minimum atomic E-state index is -3.68. The number of benzene rings is 2. The summed E-state index contributed by atoms with van der Waals surface area (Å²) >= 11 is 12.0. The number of ether oxygens (including phenoxy) is 2. The molecule has 1 aliphatic heterocycles. The normalized spacial score (nSPS) is 16.1. The largest absolute Gasteiger partial charge is 0.497 e. The van der Waals surface area contributed by atoms with Crippen molar-refractivity contribution >= 4 is 33.2 Å². The molecule has 0 N–H and O–H groups in total. The van der Waals surface area contributed by atoms with Crippen molar-refractivity contribution in [2.45, 2.75) is 11.4 Å². The molecule has 9 heteroatoms. The third-order valence-corrected chi connectivity index (χ3v) is 7.37. The molecule has 6 nitrogen and oxygen atoms in total. The van der Waals surface area contributed by atoms with Crippen LogP contribution in [-0.2, 0) is 16.6 Å². The minimum Gasteiger partial charge on any atom is -0.497 e. The number of hydrogen-bond acceptors (Lipinski definition) is 5. The second-order valence-electron chi connectivity index (χ2n) is 6.45. The van der Waals surface area contributed by atoms with E-state index in [1.807, 2.05) is 12.1 Å². The van der Waals surface area contributed by atoms with E-state index in [1.165, 1.54) is 24.6 Å². The first-order valence-electron chi connectivity index (χ1n) is 8.73. The molecule has 0 radical (unpaired) electrons. The van der Waals surface area contributed by atoms with Gasteiger partial charge >= 0.3 is 0 Å². The molecule has 0 amide bonds. The molecule has 1 fully saturated rings. The van der Waals surface area contributed by atoms with Crippen LogP contribution in [0.15, 0.2) is 41.3 Å². The first-order valence-corrected chi connectivity index (χ1v) is 10.9. The molecular formula is C19H22Cl2N2O4S. The zero-order chi connectivity index (χ0) is 20.3. The Morgan fingerprint density at radius 1 is 0.929 bits per heavy atom. The first kappa shape index (κ1) is 21.2. The summed E-state index contributed by atoms with van der Waals surface area (Å²) in [6.45, 7) is 2.71. The van der Waals surface area contributed by atoms with Crippen molar-refractivity contribution in [2.24, 2.45) is 0 Å². The van der Waals surface area contributed by atoms with E-state index in [0.717, 1.165) is 5.56 Å². The van der Waals surface area contributed by atoms with Gasteiger partial charge in [0, 0.05) is 38.8 Å². The standard InChI is InChI=1S/C19H22Cl2N2O4S/c1-26-15-4-6-18(27-2)19(12-15)28(24,25)23-9-7-22(8-10-23)13-14-3-5-16(20)17(21)11-14/h3-6,11-12H,7-10,13H2,1-2H3. The SMILES string of the molecule is COc1ccc(OC)c(S(=O)(=O)N2CCN(Cc3ccc(Cl)c(Cl)c3)CC2)c1. The van der Waals surface area contributed by atoms with Crippen LogP contribution in [0.4, 0.5) is 0 Å². The van der Waals surface area contributed by atoms with Crippen molar-refractivity contribution in [2.75, 3.05) is 40.4 Å². The smallest absolute Gasteiger partial charge is 0.246 e. The van der Waals surface area contributed by atoms with Gasteiger partial charge in [-0.05, 0) is 29.8 Å². The summed E-state index contributed by atoms with van der Waals surface area (Å²) in [5.74, 6) is 0.775. The van der Waals surface area contributed by atoms with E-state index in [0.29, 0.717) is 54.3 Å². The molecule has 1 saturated heterocycles. The van der Waals surface area contributed by atoms with Gasteiger partial charge in [-0.1, -0.05) is 29.3 Å². The number of halogens is 2. The summed E-state index contributed by atoms with van der Waals surface area (Å²) in [5, 5.41) is 1.04. The molecular weight excluding hydrogens is 423 g/mol. The summed E-state index contributed by atoms with van der Waals surface area (Å²) in [6.07, 6.45) is 0. The second-order valence-corrected chi connectivity index (χ2v) is 9.17. The molecule has 0 aromatic heterocycles. The molecule has 0 unspecified atom stereocenters. The molecule has 0 spiro atoms. The minimum absolute atomic E-state index is 0.118. The Bertz CT molecular complexity index is 945. The van der Waals surface area contributed by atoms with Crippen LogP contribution in [0.1, 0.15) is 5.56 Å². The third kappa shape index (κ3) is 4.55. The van der Waals surface area contributed by atoms with E-state index in [4.69, 9.17) is 32.7 Å². The number of piperazine rings is 1. The van der Waals surface area contributed by atoms with Gasteiger partial charge in [-0.3, -0.25) is 4.90 Å². The molecule has 3 rings (SSSR count). The number of sulfonamides is 1. The number of hydrogen-bond donors (Lipinski definition) is 0. The Labute approximate surface area is 175 Å². The summed E-state index contributed by atoms with van der Waals surface area (Å²) < 4.78 is 38.1. The fourth-order valence-corrected chi connectivity index (χ4v) is 5.06. The van der Waals surface area contributed by atoms with E-state index in [2.05, 4.69) is 4.90 Å². The Morgan fingerprint density at radius 3 is 2.25 bits per heavy atom. The van der Waals surface area contributed by atoms with Crippen LogP contribution in [0.3, 0.4) is 0 Å². The third-order valence-electron chi connectivity index (χ3n) is 4.71. The molecule has 2 aromatic carbocycles. The van der Waals surface area contributed by atoms with Crippen molar-refractivity contribution in [1.29, 1.82) is 0 Å². The summed E-state index contributed by atoms with van der Waals surface area (Å²) in [6, 6.07) is 10.3. The van der Waals surface area contributed by atoms with E-state index in [-0.39, 0.29) is 4.90 Å². The summed E-state index contributed by atoms with van der Waals surface area (Å²) in [7, 11) is -0.729. The highest BCUT2D eigenvalue weighted by Gasteiger charge is 2.31. The fraction of sp³-hybridized carbons (Fsp3) is 0.368. The maximum Gasteiger partial charge on any atom is 0.246 e. The van der Waals surface area contributed by atoms with E-state index in [1.54, 1.807) is 18.2 Å². The zero-order valence-corrected chi connectivity index (χ0v) is 18.0. The van der Waals surface area contributed by atoms with Crippen LogP contribution in [-0.4, -0.2) is 58.0 Å². The van der Waals surface area contributed by atoms with Gasteiger partial charge in [0.25, 0.3) is 0 Å². The average molecular weight is 445 g/mol. The molecule has 0 saturated carbocycles. The lowest BCUT2D eigenvalue weighted by molar-refractivity contribution is 0.181. The van der Waals surface area contributed by atoms with Crippen molar-refractivity contribution in [1.82, 2.24) is 9.21 Å². The fourth-order valence-electron chi connectivity index (χ4n) is 3.15. The predicted octanol–water partition coefficient (Wildman–Crippen LogP) is 3.52. The highest BCUT2D eigenvalue weighted by Crippen LogP contribution is 2.31. The van der Waals surface area contributed by atoms with Gasteiger partial charge in [-0.2, -0.15) is 4.31 Å². The van der Waals surface area contributed by atoms with Gasteiger partial charge in [0.15, 0.2) is 0 Å². The number of nitrogens with zero attached hydrogens (tertiary/aromatic N) is 2. The molecule has 1 aliphatic rings. The molecule has 1 heterocycles. The lowest BCUT2D eigenvalue weighted by atomic mass is 10.2. The van der Waals surface area contributed by atoms with Crippen LogP contribution >= 0.6 is 23.2 Å². The summed E-state index contributed by atoms with van der Waals surface area (Å²) in [4.78, 5) is 2.31. The molecule has 0 bridgehead atoms. The second kappa shape index (κ2) is 8.88. The quantitative estimate of drug-likeness (QED) is 0.681. The van der Waals surface area contributed by atoms with Gasteiger partial charge < -0.3 is 9.47 Å². The van der Waals surface area contributed by atoms with Gasteiger partial charge in [-0.15, -0.1) is 0 Å². The van der Waals surface area contributed by atoms with Gasteiger partial charge in [0.05, 0.1) is 24.3 Å². The lowest BCUT2D eigenvalue weighted by Gasteiger charge is -2.34. The van der Waals surface area contributed by atoms with Crippen LogP contribution in [0.5, 0.6) is 11.5 Å². The monoisotopic (exact) mass is 444 g/mol. The maximum atomic E-state index is 13.1. The topological polar surface area (TPSA) is 59.1 Å². The van der Waals surface area contributed by atoms with E-state index >= 15 is 0 Å². The van der Waals surface area contributed by atoms with Crippen LogP contribution in [0.2, 0.25) is 10.0 Å². The number of rotatable bonds is 6. The molecule has 2 aromatic rings. The zero-order valence-electron chi connectivity index (χ0n) is 15.7. The van der Waals surface area contributed by atoms with Gasteiger partial charge in [0.1, 0.15) is 16.4 Å². The Hall–Kier alpha value is -1.51. The average Bonchev–Trinajstić information content (AvgIpc) is 2.70. The first-order chi connectivity index (χ1) is 13.3. The van der Waals surface area contributed by atoms with E-state index in [9.17, 15) is 8.42 Å². The Morgan fingerprint density at radius 2 is 1.64 bits per heavy atom. The lowest BCUT2D eigenvalue weighted by Crippen LogP contribution is -2.48. The highest BCUT2D eigenvalue weighted by molar-refractivity contribution is 7.89. The van der Waals surface area contributed by atoms with Crippen molar-refractivity contribution in [3.05, 3.63) is 52.0 Å². The van der Waals surface area contributed by atoms with Gasteiger partial charge in [0.2, 0.25) is 10.0 Å². The van der Waals surface area contributed by atoms with Gasteiger partial charge in [-0.25, -0.2) is 8.42 Å². The van der Waals surface area contributed by atoms with Crippen molar-refractivity contribution in [3.8, 4) is 11.5 Å². The Kier molecular flexibility index (Phi) is 6.73. The summed E-state index contributed by atoms with van der Waals surface area (Å²) in [5.41, 5.74) is 1.04. The number of methoxy groups -OCH3 is 2. The van der Waals surface area contributed by atoms with Crippen LogP contribution < -0.4 is 9.47 Å². The van der Waals surface area contributed by atoms with Crippen molar-refractivity contribution in [3.63, 3.8) is 0 Å². The molecule has 152 valence electrons. The Balaban J connectivity index is 1.71. The highest BCUT2D eigenvalue weighted by atomic mass is 35.5. The maximum absolute atomic E-state index is 13.1. The van der Waals surface area contributed by atoms with E-state index < -0.39 is 10.0 Å².